The molecule has 0 spiro atoms. The van der Waals surface area contributed by atoms with E-state index in [2.05, 4.69) is 5.32 Å². The Labute approximate surface area is 175 Å². The third kappa shape index (κ3) is 3.77. The predicted molar refractivity (Wildman–Crippen MR) is 121 cm³/mol. The highest BCUT2D eigenvalue weighted by Gasteiger charge is 2.12. The van der Waals surface area contributed by atoms with E-state index >= 15 is 0 Å². The van der Waals surface area contributed by atoms with E-state index in [1.54, 1.807) is 24.3 Å². The molecule has 1 amide bonds. The Morgan fingerprint density at radius 3 is 2.20 bits per heavy atom. The first-order valence-corrected chi connectivity index (χ1v) is 9.86. The fraction of sp³-hybridized carbons (Fsp3) is 0.154. The molecule has 0 bridgehead atoms. The summed E-state index contributed by atoms with van der Waals surface area (Å²) in [6.45, 7) is 7.88. The Morgan fingerprint density at radius 2 is 1.50 bits per heavy atom. The average Bonchev–Trinajstić information content (AvgIpc) is 2.71. The van der Waals surface area contributed by atoms with Crippen molar-refractivity contribution in [3.05, 3.63) is 98.7 Å². The normalized spacial score (nSPS) is 10.9. The van der Waals surface area contributed by atoms with Crippen LogP contribution in [0.1, 0.15) is 32.6 Å². The van der Waals surface area contributed by atoms with Gasteiger partial charge in [-0.2, -0.15) is 0 Å². The molecule has 0 fully saturated rings. The highest BCUT2D eigenvalue weighted by Crippen LogP contribution is 2.26. The minimum absolute atomic E-state index is 0.0743. The van der Waals surface area contributed by atoms with E-state index in [9.17, 15) is 9.59 Å². The molecule has 0 aliphatic heterocycles. The average molecular weight is 397 g/mol. The Bertz CT molecular complexity index is 1330. The molecule has 0 saturated carbocycles. The molecule has 150 valence electrons. The van der Waals surface area contributed by atoms with Gasteiger partial charge < -0.3 is 9.73 Å². The van der Waals surface area contributed by atoms with Crippen LogP contribution < -0.4 is 10.7 Å². The summed E-state index contributed by atoms with van der Waals surface area (Å²) in [4.78, 5) is 25.2. The van der Waals surface area contributed by atoms with Crippen molar-refractivity contribution in [1.82, 2.24) is 0 Å². The lowest BCUT2D eigenvalue weighted by Gasteiger charge is -2.10. The molecule has 0 unspecified atom stereocenters. The van der Waals surface area contributed by atoms with Crippen LogP contribution in [0.5, 0.6) is 0 Å². The van der Waals surface area contributed by atoms with Crippen molar-refractivity contribution in [3.63, 3.8) is 0 Å². The van der Waals surface area contributed by atoms with Crippen molar-refractivity contribution in [1.29, 1.82) is 0 Å². The summed E-state index contributed by atoms with van der Waals surface area (Å²) >= 11 is 0. The Kier molecular flexibility index (Phi) is 5.00. The molecule has 3 aromatic carbocycles. The molecule has 0 aliphatic carbocycles. The van der Waals surface area contributed by atoms with Gasteiger partial charge in [-0.3, -0.25) is 9.59 Å². The zero-order chi connectivity index (χ0) is 21.4. The minimum Gasteiger partial charge on any atom is -0.456 e. The van der Waals surface area contributed by atoms with Crippen molar-refractivity contribution >= 4 is 22.6 Å². The number of hydrogen-bond acceptors (Lipinski definition) is 3. The molecule has 4 aromatic rings. The molecule has 0 saturated heterocycles. The van der Waals surface area contributed by atoms with E-state index in [1.165, 1.54) is 6.07 Å². The number of anilines is 1. The van der Waals surface area contributed by atoms with Gasteiger partial charge in [-0.1, -0.05) is 35.9 Å². The lowest BCUT2D eigenvalue weighted by atomic mass is 10.1. The predicted octanol–water partition coefficient (Wildman–Crippen LogP) is 5.95. The van der Waals surface area contributed by atoms with Crippen molar-refractivity contribution in [3.8, 4) is 11.3 Å². The molecule has 4 heteroatoms. The monoisotopic (exact) mass is 397 g/mol. The second-order valence-electron chi connectivity index (χ2n) is 7.78. The van der Waals surface area contributed by atoms with Crippen molar-refractivity contribution in [2.24, 2.45) is 0 Å². The van der Waals surface area contributed by atoms with Crippen LogP contribution in [0.2, 0.25) is 0 Å². The molecule has 1 aromatic heterocycles. The van der Waals surface area contributed by atoms with E-state index in [-0.39, 0.29) is 11.3 Å². The first-order valence-electron chi connectivity index (χ1n) is 9.86. The van der Waals surface area contributed by atoms with E-state index in [0.29, 0.717) is 22.3 Å². The van der Waals surface area contributed by atoms with Crippen molar-refractivity contribution < 1.29 is 9.21 Å². The van der Waals surface area contributed by atoms with Gasteiger partial charge in [0, 0.05) is 22.9 Å². The molecule has 4 nitrogen and oxygen atoms in total. The maximum absolute atomic E-state index is 12.6. The van der Waals surface area contributed by atoms with Crippen molar-refractivity contribution in [2.75, 3.05) is 5.32 Å². The summed E-state index contributed by atoms with van der Waals surface area (Å²) in [5, 5.41) is 3.53. The molecule has 1 N–H and O–H groups in total. The Hall–Kier alpha value is -3.66. The van der Waals surface area contributed by atoms with Gasteiger partial charge in [-0.05, 0) is 68.7 Å². The largest absolute Gasteiger partial charge is 0.456 e. The fourth-order valence-electron chi connectivity index (χ4n) is 3.69. The van der Waals surface area contributed by atoms with Crippen LogP contribution in [0.3, 0.4) is 0 Å². The number of aryl methyl sites for hydroxylation is 4. The number of benzene rings is 3. The SMILES string of the molecule is Cc1ccc(NC(=O)c2ccc(-c3cc(=O)c4cc(C)cc(C)c4o3)cc2)c(C)c1. The summed E-state index contributed by atoms with van der Waals surface area (Å²) in [5.74, 6) is 0.306. The second kappa shape index (κ2) is 7.64. The summed E-state index contributed by atoms with van der Waals surface area (Å²) in [5.41, 5.74) is 6.72. The van der Waals surface area contributed by atoms with E-state index in [0.717, 1.165) is 33.5 Å². The zero-order valence-electron chi connectivity index (χ0n) is 17.5. The first-order chi connectivity index (χ1) is 14.3. The number of rotatable bonds is 3. The molecule has 4 rings (SSSR count). The van der Waals surface area contributed by atoms with Gasteiger partial charge in [-0.15, -0.1) is 0 Å². The standard InChI is InChI=1S/C26H23NO3/c1-15-5-10-22(17(3)11-15)27-26(29)20-8-6-19(7-9-20)24-14-23(28)21-13-16(2)12-18(4)25(21)30-24/h5-14H,1-4H3,(H,27,29). The van der Waals surface area contributed by atoms with E-state index in [4.69, 9.17) is 4.42 Å². The molecular formula is C26H23NO3. The summed E-state index contributed by atoms with van der Waals surface area (Å²) in [6.07, 6.45) is 0. The van der Waals surface area contributed by atoms with Gasteiger partial charge in [0.2, 0.25) is 0 Å². The zero-order valence-corrected chi connectivity index (χ0v) is 17.5. The molecule has 0 aliphatic rings. The Balaban J connectivity index is 1.63. The van der Waals surface area contributed by atoms with E-state index < -0.39 is 0 Å². The van der Waals surface area contributed by atoms with Crippen LogP contribution in [-0.4, -0.2) is 5.91 Å². The topological polar surface area (TPSA) is 59.3 Å². The van der Waals surface area contributed by atoms with Gasteiger partial charge in [-0.25, -0.2) is 0 Å². The van der Waals surface area contributed by atoms with Crippen molar-refractivity contribution in [2.45, 2.75) is 27.7 Å². The first kappa shape index (κ1) is 19.6. The van der Waals surface area contributed by atoms with E-state index in [1.807, 2.05) is 58.0 Å². The minimum atomic E-state index is -0.181. The fourth-order valence-corrected chi connectivity index (χ4v) is 3.69. The molecule has 0 atom stereocenters. The van der Waals surface area contributed by atoms with Crippen LogP contribution in [0, 0.1) is 27.7 Å². The lowest BCUT2D eigenvalue weighted by molar-refractivity contribution is 0.102. The summed E-state index contributed by atoms with van der Waals surface area (Å²) in [6, 6.07) is 18.3. The summed E-state index contributed by atoms with van der Waals surface area (Å²) in [7, 11) is 0. The number of fused-ring (bicyclic) bond motifs is 1. The maximum atomic E-state index is 12.6. The highest BCUT2D eigenvalue weighted by molar-refractivity contribution is 6.04. The van der Waals surface area contributed by atoms with Gasteiger partial charge in [0.25, 0.3) is 5.91 Å². The van der Waals surface area contributed by atoms with Crippen LogP contribution in [0.25, 0.3) is 22.3 Å². The molecule has 0 radical (unpaired) electrons. The third-order valence-electron chi connectivity index (χ3n) is 5.22. The molecule has 30 heavy (non-hydrogen) atoms. The molecular weight excluding hydrogens is 374 g/mol. The molecule has 1 heterocycles. The number of amides is 1. The maximum Gasteiger partial charge on any atom is 0.255 e. The van der Waals surface area contributed by atoms with Crippen LogP contribution in [-0.2, 0) is 0 Å². The number of nitrogens with one attached hydrogen (secondary N) is 1. The van der Waals surface area contributed by atoms with Crippen LogP contribution in [0.15, 0.2) is 69.9 Å². The van der Waals surface area contributed by atoms with Crippen LogP contribution in [0.4, 0.5) is 5.69 Å². The van der Waals surface area contributed by atoms with Gasteiger partial charge >= 0.3 is 0 Å². The Morgan fingerprint density at radius 1 is 0.800 bits per heavy atom. The number of carbonyl (C=O) groups excluding carboxylic acids is 1. The van der Waals surface area contributed by atoms with Gasteiger partial charge in [0.15, 0.2) is 5.43 Å². The highest BCUT2D eigenvalue weighted by atomic mass is 16.3. The van der Waals surface area contributed by atoms with Gasteiger partial charge in [0.05, 0.1) is 5.39 Å². The smallest absolute Gasteiger partial charge is 0.255 e. The number of carbonyl (C=O) groups is 1. The quantitative estimate of drug-likeness (QED) is 0.465. The number of hydrogen-bond donors (Lipinski definition) is 1. The third-order valence-corrected chi connectivity index (χ3v) is 5.22. The summed E-state index contributed by atoms with van der Waals surface area (Å²) < 4.78 is 6.04. The van der Waals surface area contributed by atoms with Crippen LogP contribution >= 0.6 is 0 Å². The van der Waals surface area contributed by atoms with Gasteiger partial charge in [0.1, 0.15) is 11.3 Å². The second-order valence-corrected chi connectivity index (χ2v) is 7.78. The lowest BCUT2D eigenvalue weighted by Crippen LogP contribution is -2.12.